The van der Waals surface area contributed by atoms with Crippen molar-refractivity contribution in [2.45, 2.75) is 83.7 Å². The van der Waals surface area contributed by atoms with E-state index >= 15 is 0 Å². The molecule has 3 heteroatoms. The highest BCUT2D eigenvalue weighted by molar-refractivity contribution is 5.66. The molecule has 0 amide bonds. The maximum Gasteiger partial charge on any atom is 0.303 e. The molecule has 1 atom stereocenters. The Bertz CT molecular complexity index is 298. The van der Waals surface area contributed by atoms with Crippen LogP contribution in [0.3, 0.4) is 0 Å². The maximum absolute atomic E-state index is 13.4. The van der Waals surface area contributed by atoms with Crippen LogP contribution >= 0.6 is 0 Å². The fraction of sp³-hybridized carbons (Fsp3) is 0.722. The summed E-state index contributed by atoms with van der Waals surface area (Å²) in [5.74, 6) is -0.703. The number of unbranched alkanes of at least 4 members (excludes halogenated alkanes) is 7. The van der Waals surface area contributed by atoms with Gasteiger partial charge in [-0.25, -0.2) is 4.39 Å². The minimum Gasteiger partial charge on any atom is -0.481 e. The van der Waals surface area contributed by atoms with Crippen LogP contribution in [0.2, 0.25) is 0 Å². The van der Waals surface area contributed by atoms with Gasteiger partial charge in [0, 0.05) is 6.42 Å². The smallest absolute Gasteiger partial charge is 0.303 e. The van der Waals surface area contributed by atoms with Crippen LogP contribution in [0.15, 0.2) is 24.3 Å². The second-order valence-corrected chi connectivity index (χ2v) is 5.53. The first-order chi connectivity index (χ1) is 10.2. The van der Waals surface area contributed by atoms with Gasteiger partial charge in [0.15, 0.2) is 0 Å². The van der Waals surface area contributed by atoms with E-state index in [1.807, 2.05) is 12.2 Å². The first-order valence-corrected chi connectivity index (χ1v) is 8.36. The number of hydrogen-bond donors (Lipinski definition) is 1. The standard InChI is InChI=1S/C18H31FO2/c1-2-3-11-14-17(19)15-12-9-7-5-4-6-8-10-13-16-18(20)21/h7,9,12,15,17H,2-6,8,10-11,13-14,16H2,1H3,(H,20,21)/b9-7-,15-12+. The summed E-state index contributed by atoms with van der Waals surface area (Å²) >= 11 is 0. The Kier molecular flexibility index (Phi) is 14.5. The molecule has 0 radical (unpaired) electrons. The Hall–Kier alpha value is -1.12. The molecule has 1 N–H and O–H groups in total. The molecule has 0 bridgehead atoms. The number of rotatable bonds is 14. The lowest BCUT2D eigenvalue weighted by molar-refractivity contribution is -0.137. The van der Waals surface area contributed by atoms with Crippen molar-refractivity contribution in [3.05, 3.63) is 24.3 Å². The van der Waals surface area contributed by atoms with E-state index in [1.165, 1.54) is 0 Å². The lowest BCUT2D eigenvalue weighted by Crippen LogP contribution is -1.93. The highest BCUT2D eigenvalue weighted by Crippen LogP contribution is 2.09. The lowest BCUT2D eigenvalue weighted by Gasteiger charge is -2.00. The van der Waals surface area contributed by atoms with Crippen LogP contribution in [-0.2, 0) is 4.79 Å². The van der Waals surface area contributed by atoms with E-state index in [0.717, 1.165) is 57.8 Å². The van der Waals surface area contributed by atoms with Crippen molar-refractivity contribution >= 4 is 5.97 Å². The highest BCUT2D eigenvalue weighted by Gasteiger charge is 1.99. The molecule has 0 aromatic carbocycles. The predicted octanol–water partition coefficient (Wildman–Crippen LogP) is 5.83. The molecular weight excluding hydrogens is 267 g/mol. The molecule has 0 aliphatic carbocycles. The van der Waals surface area contributed by atoms with E-state index in [2.05, 4.69) is 13.0 Å². The molecule has 0 aliphatic heterocycles. The topological polar surface area (TPSA) is 37.3 Å². The Labute approximate surface area is 129 Å². The molecule has 2 nitrogen and oxygen atoms in total. The van der Waals surface area contributed by atoms with Gasteiger partial charge >= 0.3 is 5.97 Å². The summed E-state index contributed by atoms with van der Waals surface area (Å²) < 4.78 is 13.4. The van der Waals surface area contributed by atoms with Crippen molar-refractivity contribution < 1.29 is 14.3 Å². The zero-order chi connectivity index (χ0) is 15.8. The molecule has 0 saturated carbocycles. The van der Waals surface area contributed by atoms with Crippen LogP contribution in [0, 0.1) is 0 Å². The maximum atomic E-state index is 13.4. The molecule has 0 spiro atoms. The Morgan fingerprint density at radius 3 is 2.48 bits per heavy atom. The molecule has 0 aromatic heterocycles. The van der Waals surface area contributed by atoms with E-state index in [1.54, 1.807) is 6.08 Å². The van der Waals surface area contributed by atoms with Crippen molar-refractivity contribution in [3.63, 3.8) is 0 Å². The molecule has 0 aromatic rings. The second-order valence-electron chi connectivity index (χ2n) is 5.53. The average molecular weight is 298 g/mol. The third kappa shape index (κ3) is 16.8. The van der Waals surface area contributed by atoms with Crippen LogP contribution in [0.4, 0.5) is 4.39 Å². The molecule has 0 fully saturated rings. The summed E-state index contributed by atoms with van der Waals surface area (Å²) in [4.78, 5) is 10.3. The van der Waals surface area contributed by atoms with Crippen molar-refractivity contribution in [3.8, 4) is 0 Å². The summed E-state index contributed by atoms with van der Waals surface area (Å²) in [6, 6.07) is 0. The number of halogens is 1. The summed E-state index contributed by atoms with van der Waals surface area (Å²) in [6.45, 7) is 2.12. The third-order valence-electron chi connectivity index (χ3n) is 3.41. The normalized spacial score (nSPS) is 13.2. The summed E-state index contributed by atoms with van der Waals surface area (Å²) in [6.07, 6.45) is 16.9. The number of alkyl halides is 1. The molecule has 0 heterocycles. The SMILES string of the molecule is CCCCCC(F)/C=C/C=C\CCCCCCCC(=O)O. The van der Waals surface area contributed by atoms with E-state index in [0.29, 0.717) is 6.42 Å². The third-order valence-corrected chi connectivity index (χ3v) is 3.41. The molecule has 0 aliphatic rings. The van der Waals surface area contributed by atoms with E-state index in [4.69, 9.17) is 5.11 Å². The molecule has 21 heavy (non-hydrogen) atoms. The molecule has 1 unspecified atom stereocenters. The summed E-state index contributed by atoms with van der Waals surface area (Å²) in [5, 5.41) is 8.49. The Morgan fingerprint density at radius 1 is 1.05 bits per heavy atom. The molecular formula is C18H31FO2. The van der Waals surface area contributed by atoms with Gasteiger partial charge in [0.25, 0.3) is 0 Å². The van der Waals surface area contributed by atoms with Gasteiger partial charge < -0.3 is 5.11 Å². The van der Waals surface area contributed by atoms with Gasteiger partial charge in [-0.2, -0.15) is 0 Å². The lowest BCUT2D eigenvalue weighted by atomic mass is 10.1. The largest absolute Gasteiger partial charge is 0.481 e. The first-order valence-electron chi connectivity index (χ1n) is 8.36. The number of aliphatic carboxylic acids is 1. The first kappa shape index (κ1) is 19.9. The monoisotopic (exact) mass is 298 g/mol. The van der Waals surface area contributed by atoms with Gasteiger partial charge in [0.05, 0.1) is 0 Å². The van der Waals surface area contributed by atoms with Crippen molar-refractivity contribution in [2.75, 3.05) is 0 Å². The zero-order valence-electron chi connectivity index (χ0n) is 13.4. The van der Waals surface area contributed by atoms with Crippen molar-refractivity contribution in [1.82, 2.24) is 0 Å². The second kappa shape index (κ2) is 15.3. The zero-order valence-corrected chi connectivity index (χ0v) is 13.4. The van der Waals surface area contributed by atoms with E-state index < -0.39 is 12.1 Å². The van der Waals surface area contributed by atoms with E-state index in [9.17, 15) is 9.18 Å². The molecule has 0 saturated heterocycles. The van der Waals surface area contributed by atoms with Crippen LogP contribution in [0.1, 0.15) is 77.6 Å². The van der Waals surface area contributed by atoms with Gasteiger partial charge in [0.1, 0.15) is 6.17 Å². The highest BCUT2D eigenvalue weighted by atomic mass is 19.1. The summed E-state index contributed by atoms with van der Waals surface area (Å²) in [7, 11) is 0. The fourth-order valence-corrected chi connectivity index (χ4v) is 2.11. The Morgan fingerprint density at radius 2 is 1.76 bits per heavy atom. The molecule has 122 valence electrons. The fourth-order valence-electron chi connectivity index (χ4n) is 2.11. The van der Waals surface area contributed by atoms with Gasteiger partial charge in [0.2, 0.25) is 0 Å². The van der Waals surface area contributed by atoms with Crippen molar-refractivity contribution in [2.24, 2.45) is 0 Å². The number of carboxylic acids is 1. The van der Waals surface area contributed by atoms with Crippen LogP contribution in [0.5, 0.6) is 0 Å². The predicted molar refractivity (Wildman–Crippen MR) is 87.3 cm³/mol. The number of carbonyl (C=O) groups is 1. The minimum absolute atomic E-state index is 0.285. The van der Waals surface area contributed by atoms with Gasteiger partial charge in [-0.1, -0.05) is 69.8 Å². The van der Waals surface area contributed by atoms with Gasteiger partial charge in [-0.05, 0) is 25.7 Å². The van der Waals surface area contributed by atoms with Gasteiger partial charge in [-0.3, -0.25) is 4.79 Å². The minimum atomic E-state index is -0.810. The molecule has 0 rings (SSSR count). The summed E-state index contributed by atoms with van der Waals surface area (Å²) in [5.41, 5.74) is 0. The van der Waals surface area contributed by atoms with Crippen molar-refractivity contribution in [1.29, 1.82) is 0 Å². The number of allylic oxidation sites excluding steroid dienone is 4. The number of hydrogen-bond acceptors (Lipinski definition) is 1. The Balaban J connectivity index is 3.37. The van der Waals surface area contributed by atoms with Crippen LogP contribution < -0.4 is 0 Å². The quantitative estimate of drug-likeness (QED) is 0.323. The van der Waals surface area contributed by atoms with Crippen LogP contribution in [-0.4, -0.2) is 17.2 Å². The number of carboxylic acid groups (broad SMARTS) is 1. The van der Waals surface area contributed by atoms with Crippen LogP contribution in [0.25, 0.3) is 0 Å². The average Bonchev–Trinajstić information content (AvgIpc) is 2.44. The van der Waals surface area contributed by atoms with E-state index in [-0.39, 0.29) is 6.42 Å². The van der Waals surface area contributed by atoms with Gasteiger partial charge in [-0.15, -0.1) is 0 Å².